The molecule has 6 aromatic heterocycles. The highest BCUT2D eigenvalue weighted by atomic mass is 35.6. The summed E-state index contributed by atoms with van der Waals surface area (Å²) in [5, 5.41) is 7.09. The number of hydrogen-bond donors (Lipinski definition) is 0. The molecule has 13 heteroatoms. The minimum Gasteiger partial charge on any atom is -1.00 e. The number of aromatic nitrogens is 6. The molecule has 0 unspecified atom stereocenters. The van der Waals surface area contributed by atoms with Gasteiger partial charge in [-0.3, -0.25) is 0 Å². The normalized spacial score (nSPS) is 9.84. The monoisotopic (exact) mass is 802 g/mol. The summed E-state index contributed by atoms with van der Waals surface area (Å²) in [6.45, 7) is 0. The van der Waals surface area contributed by atoms with Gasteiger partial charge in [0.05, 0.1) is 0 Å². The van der Waals surface area contributed by atoms with E-state index in [2.05, 4.69) is 103 Å². The second-order valence-electron chi connectivity index (χ2n) is 10.1. The van der Waals surface area contributed by atoms with Gasteiger partial charge >= 0.3 is 0 Å². The molecule has 0 saturated carbocycles. The van der Waals surface area contributed by atoms with E-state index >= 15 is 0 Å². The van der Waals surface area contributed by atoms with Crippen molar-refractivity contribution in [2.45, 2.75) is 4.30 Å². The molecule has 0 fully saturated rings. The Balaban J connectivity index is 0.000000238. The standard InChI is InChI=1S/3C12H8N2.CHCl3.4ClH/c3*1-3-9-5-6-10-4-2-8-14-12(10)11(9)13-7-1;2-1(3)4;;;;/h3*1-8H;1H;4*1H. The van der Waals surface area contributed by atoms with Crippen LogP contribution in [0.5, 0.6) is 0 Å². The first-order valence-electron chi connectivity index (χ1n) is 14.4. The molecule has 9 rings (SSSR count). The fourth-order valence-corrected chi connectivity index (χ4v) is 5.20. The summed E-state index contributed by atoms with van der Waals surface area (Å²) in [4.78, 5) is 22.8. The molecule has 0 aliphatic rings. The van der Waals surface area contributed by atoms with E-state index in [4.69, 9.17) is 34.8 Å². The zero-order chi connectivity index (χ0) is 31.7. The Morgan fingerprint density at radius 1 is 0.380 bits per heavy atom. The minimum absolute atomic E-state index is 0. The molecule has 0 amide bonds. The lowest BCUT2D eigenvalue weighted by molar-refractivity contribution is -0.343. The van der Waals surface area contributed by atoms with Gasteiger partial charge in [0.2, 0.25) is 16.6 Å². The van der Waals surface area contributed by atoms with Crippen LogP contribution in [0.2, 0.25) is 0 Å². The molecular weight excluding hydrogens is 777 g/mol. The molecule has 0 bridgehead atoms. The highest BCUT2D eigenvalue weighted by molar-refractivity contribution is 6.63. The number of nitrogens with zero attached hydrogens (tertiary/aromatic N) is 3. The molecule has 6 heterocycles. The van der Waals surface area contributed by atoms with Gasteiger partial charge in [0.1, 0.15) is 16.6 Å². The average molecular weight is 806 g/mol. The number of halogens is 7. The quantitative estimate of drug-likeness (QED) is 0.161. The van der Waals surface area contributed by atoms with Crippen molar-refractivity contribution in [3.8, 4) is 0 Å². The molecule has 9 aromatic rings. The molecule has 0 aliphatic carbocycles. The van der Waals surface area contributed by atoms with E-state index in [1.807, 2.05) is 73.6 Å². The van der Waals surface area contributed by atoms with Crippen molar-refractivity contribution >= 4 is 113 Å². The maximum absolute atomic E-state index is 4.81. The van der Waals surface area contributed by atoms with Gasteiger partial charge in [0.25, 0.3) is 0 Å². The number of hydrogen-bond acceptors (Lipinski definition) is 3. The van der Waals surface area contributed by atoms with Crippen LogP contribution in [-0.4, -0.2) is 19.2 Å². The molecule has 0 atom stereocenters. The average Bonchev–Trinajstić information content (AvgIpc) is 3.12. The topological polar surface area (TPSA) is 81.1 Å². The first kappa shape index (κ1) is 42.3. The van der Waals surface area contributed by atoms with Crippen LogP contribution in [0.1, 0.15) is 0 Å². The highest BCUT2D eigenvalue weighted by Gasteiger charge is 2.07. The van der Waals surface area contributed by atoms with Crippen molar-refractivity contribution in [1.82, 2.24) is 15.0 Å². The van der Waals surface area contributed by atoms with E-state index in [-0.39, 0.29) is 49.6 Å². The maximum atomic E-state index is 4.81. The zero-order valence-electron chi connectivity index (χ0n) is 26.0. The Morgan fingerprint density at radius 2 is 0.620 bits per heavy atom. The third-order valence-electron chi connectivity index (χ3n) is 7.22. The summed E-state index contributed by atoms with van der Waals surface area (Å²) in [7, 11) is 0. The van der Waals surface area contributed by atoms with Crippen LogP contribution in [0.4, 0.5) is 0 Å². The molecule has 6 nitrogen and oxygen atoms in total. The van der Waals surface area contributed by atoms with Gasteiger partial charge < -0.3 is 37.2 Å². The molecule has 0 radical (unpaired) electrons. The van der Waals surface area contributed by atoms with Crippen molar-refractivity contribution in [1.29, 1.82) is 0 Å². The number of fused-ring (bicyclic) bond motifs is 9. The highest BCUT2D eigenvalue weighted by Crippen LogP contribution is 2.21. The van der Waals surface area contributed by atoms with Crippen LogP contribution < -0.4 is 52.2 Å². The van der Waals surface area contributed by atoms with E-state index in [1.54, 1.807) is 0 Å². The fourth-order valence-electron chi connectivity index (χ4n) is 5.20. The second-order valence-corrected chi connectivity index (χ2v) is 12.1. The van der Waals surface area contributed by atoms with Crippen LogP contribution in [0.25, 0.3) is 65.4 Å². The predicted octanol–water partition coefficient (Wildman–Crippen LogP) is 0.0265. The summed E-state index contributed by atoms with van der Waals surface area (Å²) in [5.41, 5.74) is 6.41. The Labute approximate surface area is 328 Å². The van der Waals surface area contributed by atoms with Gasteiger partial charge in [-0.05, 0) is 54.6 Å². The number of benzene rings is 3. The van der Waals surface area contributed by atoms with Crippen LogP contribution in [0.3, 0.4) is 0 Å². The Kier molecular flexibility index (Phi) is 17.5. The number of pyridine rings is 6. The van der Waals surface area contributed by atoms with Gasteiger partial charge in [0, 0.05) is 69.1 Å². The SMILES string of the molecule is Cl.ClC(Cl)Cl.[Cl-].[Cl-].[Cl-].c1cnc2c(c1)ccc1ccc[nH+]c12.c1cnc2c(c1)ccc1ccc[nH+]c12.c1cnc2c(c1)ccc1ccc[nH+]c12. The number of alkyl halides is 3. The van der Waals surface area contributed by atoms with Gasteiger partial charge in [0.15, 0.2) is 22.9 Å². The second kappa shape index (κ2) is 20.7. The van der Waals surface area contributed by atoms with Crippen molar-refractivity contribution in [2.75, 3.05) is 0 Å². The fraction of sp³-hybridized carbons (Fsp3) is 0.0270. The van der Waals surface area contributed by atoms with Crippen LogP contribution in [0, 0.1) is 0 Å². The van der Waals surface area contributed by atoms with Crippen molar-refractivity contribution < 1.29 is 52.2 Å². The van der Waals surface area contributed by atoms with E-state index in [9.17, 15) is 0 Å². The van der Waals surface area contributed by atoms with Crippen molar-refractivity contribution in [3.05, 3.63) is 146 Å². The smallest absolute Gasteiger partial charge is 0.237 e. The number of H-pyrrole nitrogens is 3. The summed E-state index contributed by atoms with van der Waals surface area (Å²) < 4.78 is -0.750. The first-order valence-corrected chi connectivity index (χ1v) is 15.7. The van der Waals surface area contributed by atoms with Crippen molar-refractivity contribution in [3.63, 3.8) is 0 Å². The molecular formula is C37H29Cl7N6. The first-order chi connectivity index (χ1) is 22.6. The zero-order valence-corrected chi connectivity index (χ0v) is 31.3. The van der Waals surface area contributed by atoms with Gasteiger partial charge in [-0.15, -0.1) is 12.4 Å². The van der Waals surface area contributed by atoms with Gasteiger partial charge in [-0.1, -0.05) is 71.2 Å². The number of rotatable bonds is 0. The molecule has 0 aliphatic heterocycles. The summed E-state index contributed by atoms with van der Waals surface area (Å²) >= 11 is 14.4. The Morgan fingerprint density at radius 3 is 0.900 bits per heavy atom. The summed E-state index contributed by atoms with van der Waals surface area (Å²) in [5.74, 6) is 0. The van der Waals surface area contributed by atoms with E-state index in [0.29, 0.717) is 0 Å². The largest absolute Gasteiger partial charge is 1.00 e. The van der Waals surface area contributed by atoms with Gasteiger partial charge in [-0.25, -0.2) is 29.9 Å². The van der Waals surface area contributed by atoms with Crippen molar-refractivity contribution in [2.24, 2.45) is 0 Å². The Bertz CT molecular complexity index is 1980. The van der Waals surface area contributed by atoms with E-state index in [0.717, 1.165) is 33.1 Å². The van der Waals surface area contributed by atoms with E-state index < -0.39 is 4.30 Å². The van der Waals surface area contributed by atoms with Gasteiger partial charge in [-0.2, -0.15) is 0 Å². The lowest BCUT2D eigenvalue weighted by atomic mass is 10.1. The predicted molar refractivity (Wildman–Crippen MR) is 196 cm³/mol. The van der Waals surface area contributed by atoms with Crippen LogP contribution >= 0.6 is 47.2 Å². The van der Waals surface area contributed by atoms with E-state index in [1.165, 1.54) is 32.3 Å². The summed E-state index contributed by atoms with van der Waals surface area (Å²) in [6.07, 6.45) is 11.2. The maximum Gasteiger partial charge on any atom is 0.237 e. The minimum atomic E-state index is -0.750. The molecule has 0 saturated heterocycles. The molecule has 3 aromatic carbocycles. The van der Waals surface area contributed by atoms with Crippen LogP contribution in [-0.2, 0) is 0 Å². The molecule has 3 N–H and O–H groups in total. The number of aromatic amines is 3. The number of nitrogens with one attached hydrogen (secondary N) is 3. The third-order valence-corrected chi connectivity index (χ3v) is 7.22. The third kappa shape index (κ3) is 10.3. The Hall–Kier alpha value is -3.85. The molecule has 256 valence electrons. The van der Waals surface area contributed by atoms with Crippen LogP contribution in [0.15, 0.2) is 146 Å². The lowest BCUT2D eigenvalue weighted by Crippen LogP contribution is -3.00. The molecule has 50 heavy (non-hydrogen) atoms. The molecule has 0 spiro atoms. The lowest BCUT2D eigenvalue weighted by Gasteiger charge is -1.96. The summed E-state index contributed by atoms with van der Waals surface area (Å²) in [6, 6.07) is 36.9.